The summed E-state index contributed by atoms with van der Waals surface area (Å²) in [7, 11) is 0. The molecule has 1 aromatic carbocycles. The maximum absolute atomic E-state index is 13.3. The number of hydrogen-bond acceptors (Lipinski definition) is 2. The van der Waals surface area contributed by atoms with Crippen molar-refractivity contribution in [2.24, 2.45) is 0 Å². The van der Waals surface area contributed by atoms with Crippen molar-refractivity contribution >= 4 is 22.5 Å². The average molecular weight is 376 g/mol. The van der Waals surface area contributed by atoms with Gasteiger partial charge >= 0.3 is 0 Å². The van der Waals surface area contributed by atoms with Crippen LogP contribution in [0.2, 0.25) is 5.15 Å². The highest BCUT2D eigenvalue weighted by molar-refractivity contribution is 6.29. The quantitative estimate of drug-likeness (QED) is 0.618. The van der Waals surface area contributed by atoms with E-state index < -0.39 is 6.43 Å². The Bertz CT molecular complexity index is 917. The van der Waals surface area contributed by atoms with Crippen LogP contribution < -0.4 is 5.32 Å². The van der Waals surface area contributed by atoms with Crippen LogP contribution in [-0.4, -0.2) is 29.5 Å². The third-order valence-electron chi connectivity index (χ3n) is 5.11. The lowest BCUT2D eigenvalue weighted by molar-refractivity contribution is 0.149. The summed E-state index contributed by atoms with van der Waals surface area (Å²) in [5.41, 5.74) is 4.23. The van der Waals surface area contributed by atoms with Gasteiger partial charge in [0.2, 0.25) is 6.43 Å². The number of H-pyrrole nitrogens is 1. The van der Waals surface area contributed by atoms with Crippen molar-refractivity contribution in [3.8, 4) is 11.3 Å². The number of pyridine rings is 1. The number of fused-ring (bicyclic) bond motifs is 1. The van der Waals surface area contributed by atoms with E-state index in [-0.39, 0.29) is 6.42 Å². The van der Waals surface area contributed by atoms with Crippen molar-refractivity contribution in [2.75, 3.05) is 13.1 Å². The summed E-state index contributed by atoms with van der Waals surface area (Å²) in [6, 6.07) is 9.71. The van der Waals surface area contributed by atoms with Crippen molar-refractivity contribution in [2.45, 2.75) is 31.6 Å². The second-order valence-electron chi connectivity index (χ2n) is 6.77. The molecule has 0 spiro atoms. The third-order valence-corrected chi connectivity index (χ3v) is 5.32. The zero-order chi connectivity index (χ0) is 18.1. The van der Waals surface area contributed by atoms with Crippen LogP contribution in [0.4, 0.5) is 8.78 Å². The van der Waals surface area contributed by atoms with Crippen LogP contribution in [0.25, 0.3) is 22.2 Å². The normalized spacial score (nSPS) is 15.8. The van der Waals surface area contributed by atoms with E-state index in [2.05, 4.69) is 27.4 Å². The molecule has 0 amide bonds. The highest BCUT2D eigenvalue weighted by Crippen LogP contribution is 2.35. The number of alkyl halides is 2. The van der Waals surface area contributed by atoms with Gasteiger partial charge < -0.3 is 10.3 Å². The Balaban J connectivity index is 1.83. The number of rotatable bonds is 4. The van der Waals surface area contributed by atoms with Gasteiger partial charge in [-0.15, -0.1) is 0 Å². The summed E-state index contributed by atoms with van der Waals surface area (Å²) in [6.07, 6.45) is 1.05. The van der Waals surface area contributed by atoms with Gasteiger partial charge in [0.05, 0.1) is 5.69 Å². The Morgan fingerprint density at radius 2 is 1.96 bits per heavy atom. The number of aromatic nitrogens is 2. The average Bonchev–Trinajstić information content (AvgIpc) is 3.00. The second-order valence-corrected chi connectivity index (χ2v) is 7.16. The standard InChI is InChI=1S/C20H20ClF2N3/c21-18-10-14(5-8-25-18)20-16(11-19(22)23)15-9-13(1-2-17(15)26-20)12-3-6-24-7-4-12/h1-2,5,8-10,12,19,24,26H,3-4,6-7,11H2. The summed E-state index contributed by atoms with van der Waals surface area (Å²) in [4.78, 5) is 7.29. The highest BCUT2D eigenvalue weighted by Gasteiger charge is 2.20. The lowest BCUT2D eigenvalue weighted by Gasteiger charge is -2.23. The number of halogens is 3. The van der Waals surface area contributed by atoms with Gasteiger partial charge in [-0.05, 0) is 67.2 Å². The molecule has 3 aromatic rings. The minimum atomic E-state index is -2.41. The molecule has 1 saturated heterocycles. The number of piperidine rings is 1. The first-order chi connectivity index (χ1) is 12.6. The van der Waals surface area contributed by atoms with E-state index in [1.165, 1.54) is 5.56 Å². The highest BCUT2D eigenvalue weighted by atomic mass is 35.5. The zero-order valence-corrected chi connectivity index (χ0v) is 15.0. The molecule has 1 aliphatic rings. The van der Waals surface area contributed by atoms with Crippen LogP contribution in [0.1, 0.15) is 29.9 Å². The molecule has 0 atom stereocenters. The monoisotopic (exact) mass is 375 g/mol. The van der Waals surface area contributed by atoms with Crippen molar-refractivity contribution in [3.05, 3.63) is 52.8 Å². The molecule has 2 N–H and O–H groups in total. The van der Waals surface area contributed by atoms with Crippen molar-refractivity contribution in [3.63, 3.8) is 0 Å². The Labute approximate surface area is 155 Å². The van der Waals surface area contributed by atoms with Gasteiger partial charge in [-0.3, -0.25) is 0 Å². The maximum Gasteiger partial charge on any atom is 0.242 e. The minimum Gasteiger partial charge on any atom is -0.354 e. The van der Waals surface area contributed by atoms with E-state index in [9.17, 15) is 8.78 Å². The maximum atomic E-state index is 13.3. The number of nitrogens with zero attached hydrogens (tertiary/aromatic N) is 1. The molecule has 26 heavy (non-hydrogen) atoms. The molecule has 4 rings (SSSR count). The molecule has 3 nitrogen and oxygen atoms in total. The van der Waals surface area contributed by atoms with Crippen LogP contribution in [-0.2, 0) is 6.42 Å². The summed E-state index contributed by atoms with van der Waals surface area (Å²) >= 11 is 6.00. The van der Waals surface area contributed by atoms with Gasteiger partial charge in [0.15, 0.2) is 0 Å². The lowest BCUT2D eigenvalue weighted by atomic mass is 9.89. The molecule has 2 aromatic heterocycles. The number of hydrogen-bond donors (Lipinski definition) is 2. The molecule has 0 radical (unpaired) electrons. The van der Waals surface area contributed by atoms with Crippen molar-refractivity contribution in [1.29, 1.82) is 0 Å². The molecule has 6 heteroatoms. The molecule has 1 fully saturated rings. The summed E-state index contributed by atoms with van der Waals surface area (Å²) in [5, 5.41) is 4.59. The molecule has 1 aliphatic heterocycles. The fraction of sp³-hybridized carbons (Fsp3) is 0.350. The number of benzene rings is 1. The first-order valence-electron chi connectivity index (χ1n) is 8.87. The van der Waals surface area contributed by atoms with Gasteiger partial charge in [0.1, 0.15) is 5.15 Å². The first kappa shape index (κ1) is 17.4. The zero-order valence-electron chi connectivity index (χ0n) is 14.2. The Kier molecular flexibility index (Phi) is 4.92. The van der Waals surface area contributed by atoms with E-state index in [0.717, 1.165) is 42.4 Å². The van der Waals surface area contributed by atoms with Crippen molar-refractivity contribution < 1.29 is 8.78 Å². The van der Waals surface area contributed by atoms with Gasteiger partial charge in [0.25, 0.3) is 0 Å². The fourth-order valence-corrected chi connectivity index (χ4v) is 4.02. The number of nitrogens with one attached hydrogen (secondary N) is 2. The molecule has 0 saturated carbocycles. The Morgan fingerprint density at radius 1 is 1.15 bits per heavy atom. The predicted octanol–water partition coefficient (Wildman–Crippen LogP) is 5.16. The molecule has 0 unspecified atom stereocenters. The van der Waals surface area contributed by atoms with Gasteiger partial charge in [-0.2, -0.15) is 0 Å². The van der Waals surface area contributed by atoms with E-state index in [4.69, 9.17) is 11.6 Å². The molecule has 136 valence electrons. The largest absolute Gasteiger partial charge is 0.354 e. The van der Waals surface area contributed by atoms with E-state index in [1.807, 2.05) is 6.07 Å². The SMILES string of the molecule is FC(F)Cc1c(-c2ccnc(Cl)c2)[nH]c2ccc(C3CCNCC3)cc12. The lowest BCUT2D eigenvalue weighted by Crippen LogP contribution is -2.26. The fourth-order valence-electron chi connectivity index (χ4n) is 3.85. The molecule has 3 heterocycles. The van der Waals surface area contributed by atoms with Crippen LogP contribution in [0.15, 0.2) is 36.5 Å². The summed E-state index contributed by atoms with van der Waals surface area (Å²) in [6.45, 7) is 2.00. The van der Waals surface area contributed by atoms with E-state index in [0.29, 0.717) is 22.3 Å². The molecule has 0 bridgehead atoms. The van der Waals surface area contributed by atoms with Gasteiger partial charge in [-0.1, -0.05) is 17.7 Å². The smallest absolute Gasteiger partial charge is 0.242 e. The first-order valence-corrected chi connectivity index (χ1v) is 9.25. The predicted molar refractivity (Wildman–Crippen MR) is 101 cm³/mol. The van der Waals surface area contributed by atoms with Crippen LogP contribution in [0, 0.1) is 0 Å². The van der Waals surface area contributed by atoms with Gasteiger partial charge in [-0.25, -0.2) is 13.8 Å². The minimum absolute atomic E-state index is 0.287. The Morgan fingerprint density at radius 3 is 2.69 bits per heavy atom. The van der Waals surface area contributed by atoms with E-state index in [1.54, 1.807) is 18.3 Å². The topological polar surface area (TPSA) is 40.7 Å². The summed E-state index contributed by atoms with van der Waals surface area (Å²) in [5.74, 6) is 0.480. The van der Waals surface area contributed by atoms with E-state index >= 15 is 0 Å². The summed E-state index contributed by atoms with van der Waals surface area (Å²) < 4.78 is 26.6. The third kappa shape index (κ3) is 3.46. The van der Waals surface area contributed by atoms with Gasteiger partial charge in [0, 0.05) is 29.1 Å². The number of aromatic amines is 1. The molecular weight excluding hydrogens is 356 g/mol. The van der Waals surface area contributed by atoms with Crippen LogP contribution in [0.3, 0.4) is 0 Å². The van der Waals surface area contributed by atoms with Crippen LogP contribution >= 0.6 is 11.6 Å². The molecular formula is C20H20ClF2N3. The van der Waals surface area contributed by atoms with Crippen LogP contribution in [0.5, 0.6) is 0 Å². The molecule has 0 aliphatic carbocycles. The van der Waals surface area contributed by atoms with Crippen molar-refractivity contribution in [1.82, 2.24) is 15.3 Å². The Hall–Kier alpha value is -1.98. The second kappa shape index (κ2) is 7.33.